The number of aliphatic carboxylic acids is 1. The molecule has 10 heavy (non-hydrogen) atoms. The van der Waals surface area contributed by atoms with E-state index < -0.39 is 11.4 Å². The SMILES string of the molecule is CC1(C)C[C@@]1(C#N)C(=O)O. The van der Waals surface area contributed by atoms with E-state index in [1.165, 1.54) is 0 Å². The molecule has 1 aliphatic carbocycles. The zero-order chi connectivity index (χ0) is 7.99. The van der Waals surface area contributed by atoms with Gasteiger partial charge in [0, 0.05) is 0 Å². The summed E-state index contributed by atoms with van der Waals surface area (Å²) in [6.07, 6.45) is 0.478. The van der Waals surface area contributed by atoms with Crippen LogP contribution in [0.1, 0.15) is 20.3 Å². The summed E-state index contributed by atoms with van der Waals surface area (Å²) in [5, 5.41) is 17.1. The first-order valence-electron chi connectivity index (χ1n) is 3.11. The molecule has 0 aromatic rings. The summed E-state index contributed by atoms with van der Waals surface area (Å²) in [5.41, 5.74) is -1.42. The predicted octanol–water partition coefficient (Wildman–Crippen LogP) is 1.01. The highest BCUT2D eigenvalue weighted by molar-refractivity contribution is 5.83. The van der Waals surface area contributed by atoms with Crippen molar-refractivity contribution in [2.45, 2.75) is 20.3 Å². The van der Waals surface area contributed by atoms with Crippen LogP contribution < -0.4 is 0 Å². The number of carbonyl (C=O) groups is 1. The van der Waals surface area contributed by atoms with E-state index in [0.717, 1.165) is 0 Å². The van der Waals surface area contributed by atoms with Gasteiger partial charge < -0.3 is 5.11 Å². The van der Waals surface area contributed by atoms with Crippen LogP contribution in [0.5, 0.6) is 0 Å². The Hall–Kier alpha value is -1.04. The van der Waals surface area contributed by atoms with Crippen molar-refractivity contribution in [2.75, 3.05) is 0 Å². The molecular formula is C7H9NO2. The van der Waals surface area contributed by atoms with Crippen molar-refractivity contribution in [2.24, 2.45) is 10.8 Å². The fraction of sp³-hybridized carbons (Fsp3) is 0.714. The Morgan fingerprint density at radius 3 is 2.10 bits per heavy atom. The third kappa shape index (κ3) is 0.563. The number of nitriles is 1. The molecule has 0 saturated heterocycles. The number of hydrogen-bond acceptors (Lipinski definition) is 2. The summed E-state index contributed by atoms with van der Waals surface area (Å²) < 4.78 is 0. The Bertz CT molecular complexity index is 226. The summed E-state index contributed by atoms with van der Waals surface area (Å²) in [6.45, 7) is 3.59. The fourth-order valence-corrected chi connectivity index (χ4v) is 1.22. The molecule has 0 spiro atoms. The second-order valence-corrected chi connectivity index (χ2v) is 3.38. The molecule has 1 rings (SSSR count). The minimum Gasteiger partial charge on any atom is -0.480 e. The van der Waals surface area contributed by atoms with Crippen LogP contribution in [-0.4, -0.2) is 11.1 Å². The quantitative estimate of drug-likeness (QED) is 0.589. The molecule has 0 aliphatic heterocycles. The summed E-state index contributed by atoms with van der Waals surface area (Å²) >= 11 is 0. The van der Waals surface area contributed by atoms with Gasteiger partial charge in [-0.1, -0.05) is 13.8 Å². The minimum atomic E-state index is -1.09. The molecule has 1 fully saturated rings. The Labute approximate surface area is 59.3 Å². The molecule has 0 unspecified atom stereocenters. The molecule has 3 heteroatoms. The van der Waals surface area contributed by atoms with Gasteiger partial charge in [0.2, 0.25) is 0 Å². The third-order valence-corrected chi connectivity index (χ3v) is 2.29. The van der Waals surface area contributed by atoms with Crippen LogP contribution in [0.4, 0.5) is 0 Å². The first-order valence-corrected chi connectivity index (χ1v) is 3.11. The van der Waals surface area contributed by atoms with E-state index in [1.54, 1.807) is 13.8 Å². The minimum absolute atomic E-state index is 0.326. The van der Waals surface area contributed by atoms with E-state index in [2.05, 4.69) is 0 Å². The van der Waals surface area contributed by atoms with Crippen LogP contribution in [0.3, 0.4) is 0 Å². The van der Waals surface area contributed by atoms with E-state index in [0.29, 0.717) is 6.42 Å². The number of hydrogen-bond donors (Lipinski definition) is 1. The van der Waals surface area contributed by atoms with Gasteiger partial charge in [0.05, 0.1) is 6.07 Å². The molecule has 3 nitrogen and oxygen atoms in total. The smallest absolute Gasteiger partial charge is 0.324 e. The molecular weight excluding hydrogens is 130 g/mol. The summed E-state index contributed by atoms with van der Waals surface area (Å²) in [6, 6.07) is 1.84. The molecule has 1 N–H and O–H groups in total. The van der Waals surface area contributed by atoms with Crippen molar-refractivity contribution in [1.29, 1.82) is 5.26 Å². The fourth-order valence-electron chi connectivity index (χ4n) is 1.22. The van der Waals surface area contributed by atoms with Gasteiger partial charge in [0.1, 0.15) is 0 Å². The molecule has 0 aromatic carbocycles. The van der Waals surface area contributed by atoms with Gasteiger partial charge in [-0.2, -0.15) is 5.26 Å². The average Bonchev–Trinajstić information content (AvgIpc) is 2.35. The molecule has 0 amide bonds. The van der Waals surface area contributed by atoms with Gasteiger partial charge >= 0.3 is 5.97 Å². The van der Waals surface area contributed by atoms with Gasteiger partial charge in [-0.25, -0.2) is 0 Å². The van der Waals surface area contributed by atoms with Gasteiger partial charge in [0.15, 0.2) is 5.41 Å². The maximum atomic E-state index is 10.5. The lowest BCUT2D eigenvalue weighted by Gasteiger charge is -2.03. The van der Waals surface area contributed by atoms with E-state index in [9.17, 15) is 4.79 Å². The van der Waals surface area contributed by atoms with Crippen molar-refractivity contribution in [3.63, 3.8) is 0 Å². The van der Waals surface area contributed by atoms with E-state index >= 15 is 0 Å². The van der Waals surface area contributed by atoms with Crippen molar-refractivity contribution in [3.8, 4) is 6.07 Å². The van der Waals surface area contributed by atoms with Crippen LogP contribution in [0.15, 0.2) is 0 Å². The normalized spacial score (nSPS) is 34.5. The van der Waals surface area contributed by atoms with E-state index in [-0.39, 0.29) is 5.41 Å². The number of carboxylic acids is 1. The Kier molecular flexibility index (Phi) is 1.07. The van der Waals surface area contributed by atoms with Crippen molar-refractivity contribution in [1.82, 2.24) is 0 Å². The van der Waals surface area contributed by atoms with Crippen LogP contribution in [0.2, 0.25) is 0 Å². The standard InChI is InChI=1S/C7H9NO2/c1-6(2)3-7(6,4-8)5(9)10/h3H2,1-2H3,(H,9,10)/t7-/m1/s1. The van der Waals surface area contributed by atoms with Gasteiger partial charge in [0.25, 0.3) is 0 Å². The number of rotatable bonds is 1. The molecule has 0 heterocycles. The van der Waals surface area contributed by atoms with E-state index in [4.69, 9.17) is 10.4 Å². The van der Waals surface area contributed by atoms with Gasteiger partial charge in [-0.05, 0) is 11.8 Å². The zero-order valence-corrected chi connectivity index (χ0v) is 6.01. The molecule has 0 aromatic heterocycles. The van der Waals surface area contributed by atoms with Crippen molar-refractivity contribution in [3.05, 3.63) is 0 Å². The molecule has 1 saturated carbocycles. The summed E-state index contributed by atoms with van der Waals surface area (Å²) in [4.78, 5) is 10.5. The predicted molar refractivity (Wildman–Crippen MR) is 34.1 cm³/mol. The monoisotopic (exact) mass is 139 g/mol. The molecule has 1 atom stereocenters. The summed E-state index contributed by atoms with van der Waals surface area (Å²) in [5.74, 6) is -0.986. The number of carboxylic acid groups (broad SMARTS) is 1. The maximum absolute atomic E-state index is 10.5. The Morgan fingerprint density at radius 2 is 2.10 bits per heavy atom. The van der Waals surface area contributed by atoms with E-state index in [1.807, 2.05) is 6.07 Å². The first-order chi connectivity index (χ1) is 4.46. The third-order valence-electron chi connectivity index (χ3n) is 2.29. The molecule has 1 aliphatic rings. The Balaban J connectivity index is 2.92. The van der Waals surface area contributed by atoms with Gasteiger partial charge in [-0.3, -0.25) is 4.79 Å². The van der Waals surface area contributed by atoms with Gasteiger partial charge in [-0.15, -0.1) is 0 Å². The zero-order valence-electron chi connectivity index (χ0n) is 6.01. The lowest BCUT2D eigenvalue weighted by Crippen LogP contribution is -2.18. The largest absolute Gasteiger partial charge is 0.480 e. The lowest BCUT2D eigenvalue weighted by atomic mass is 9.98. The molecule has 54 valence electrons. The summed E-state index contributed by atoms with van der Waals surface area (Å²) in [7, 11) is 0. The van der Waals surface area contributed by atoms with Crippen LogP contribution in [0.25, 0.3) is 0 Å². The second-order valence-electron chi connectivity index (χ2n) is 3.38. The van der Waals surface area contributed by atoms with Crippen LogP contribution in [-0.2, 0) is 4.79 Å². The van der Waals surface area contributed by atoms with Crippen molar-refractivity contribution >= 4 is 5.97 Å². The van der Waals surface area contributed by atoms with Crippen LogP contribution in [0, 0.1) is 22.2 Å². The molecule has 0 bridgehead atoms. The highest BCUT2D eigenvalue weighted by Crippen LogP contribution is 2.63. The maximum Gasteiger partial charge on any atom is 0.324 e. The highest BCUT2D eigenvalue weighted by Gasteiger charge is 2.68. The highest BCUT2D eigenvalue weighted by atomic mass is 16.4. The second kappa shape index (κ2) is 1.51. The lowest BCUT2D eigenvalue weighted by molar-refractivity contribution is -0.142. The van der Waals surface area contributed by atoms with Crippen LogP contribution >= 0.6 is 0 Å². The average molecular weight is 139 g/mol. The first kappa shape index (κ1) is 7.07. The van der Waals surface area contributed by atoms with Crippen molar-refractivity contribution < 1.29 is 9.90 Å². The number of nitrogens with zero attached hydrogens (tertiary/aromatic N) is 1. The molecule has 0 radical (unpaired) electrons. The Morgan fingerprint density at radius 1 is 1.70 bits per heavy atom. The topological polar surface area (TPSA) is 61.1 Å².